The molecule has 0 aromatic carbocycles. The molecule has 0 unspecified atom stereocenters. The molecule has 4 heavy (non-hydrogen) atoms. The van der Waals surface area contributed by atoms with Gasteiger partial charge in [-0.25, -0.2) is 0 Å². The molecule has 0 saturated heterocycles. The normalized spacial score (nSPS) is 0. The Morgan fingerprint density at radius 3 is 1.00 bits per heavy atom. The predicted octanol–water partition coefficient (Wildman–Crippen LogP) is -1.42. The Hall–Kier alpha value is 2.56. The Morgan fingerprint density at radius 1 is 1.00 bits per heavy atom. The number of hydrogen-bond donors (Lipinski definition) is 1. The molecule has 0 aromatic rings. The summed E-state index contributed by atoms with van der Waals surface area (Å²) in [5.74, 6) is 0. The summed E-state index contributed by atoms with van der Waals surface area (Å²) in [7, 11) is 0. The average molecular weight is 97.1 g/mol. The van der Waals surface area contributed by atoms with Crippen molar-refractivity contribution in [2.24, 2.45) is 0 Å². The molecule has 0 aromatic heterocycles. The molecule has 0 rings (SSSR count). The van der Waals surface area contributed by atoms with Crippen LogP contribution in [0.4, 0.5) is 0 Å². The van der Waals surface area contributed by atoms with Gasteiger partial charge in [-0.1, -0.05) is 0 Å². The van der Waals surface area contributed by atoms with Crippen LogP contribution in [0, 0.1) is 0 Å². The van der Waals surface area contributed by atoms with Crippen LogP contribution in [-0.2, 0) is 0 Å². The monoisotopic (exact) mass is 97.0 g/mol. The molecule has 2 radical (unpaired) electrons. The topological polar surface area (TPSA) is 66.5 Å². The Morgan fingerprint density at radius 2 is 1.00 bits per heavy atom. The molecule has 4 heteroatoms. The van der Waals surface area contributed by atoms with E-state index in [0.717, 1.165) is 0 Å². The van der Waals surface area contributed by atoms with Gasteiger partial charge in [0.2, 0.25) is 0 Å². The first kappa shape index (κ1) is 31.0. The first-order chi connectivity index (χ1) is 0. The Balaban J connectivity index is 0. The molecule has 0 aliphatic rings. The Bertz CT molecular complexity index is 8.00. The molecule has 0 atom stereocenters. The third-order valence-electron chi connectivity index (χ3n) is 0. The standard InChI is InChI=1S/K.H3N.Na.H2O/h;1H3;;1H2. The van der Waals surface area contributed by atoms with Crippen molar-refractivity contribution >= 4 is 80.9 Å². The summed E-state index contributed by atoms with van der Waals surface area (Å²) in [5.41, 5.74) is 0. The molecule has 0 amide bonds. The van der Waals surface area contributed by atoms with Gasteiger partial charge in [0, 0.05) is 80.9 Å². The van der Waals surface area contributed by atoms with Crippen molar-refractivity contribution in [3.63, 3.8) is 0 Å². The zero-order chi connectivity index (χ0) is 0. The molecule has 0 saturated carbocycles. The van der Waals surface area contributed by atoms with Crippen molar-refractivity contribution < 1.29 is 5.48 Å². The summed E-state index contributed by atoms with van der Waals surface area (Å²) >= 11 is 0. The molecule has 0 spiro atoms. The van der Waals surface area contributed by atoms with E-state index in [4.69, 9.17) is 0 Å². The van der Waals surface area contributed by atoms with Crippen molar-refractivity contribution in [2.45, 2.75) is 0 Å². The minimum Gasteiger partial charge on any atom is -0.412 e. The molecule has 0 heterocycles. The summed E-state index contributed by atoms with van der Waals surface area (Å²) in [6.07, 6.45) is 0. The van der Waals surface area contributed by atoms with Crippen LogP contribution in [0.2, 0.25) is 0 Å². The van der Waals surface area contributed by atoms with E-state index >= 15 is 0 Å². The smallest absolute Gasteiger partial charge is 0 e. The van der Waals surface area contributed by atoms with Crippen molar-refractivity contribution in [3.8, 4) is 0 Å². The number of rotatable bonds is 0. The molecular formula is H5KNNaO. The Kier molecular flexibility index (Phi) is 137. The van der Waals surface area contributed by atoms with Crippen molar-refractivity contribution in [2.75, 3.05) is 0 Å². The summed E-state index contributed by atoms with van der Waals surface area (Å²) in [5, 5.41) is 0. The molecule has 18 valence electrons. The second-order valence-corrected chi connectivity index (χ2v) is 0. The van der Waals surface area contributed by atoms with E-state index in [1.54, 1.807) is 0 Å². The second-order valence-electron chi connectivity index (χ2n) is 0. The summed E-state index contributed by atoms with van der Waals surface area (Å²) < 4.78 is 0. The maximum atomic E-state index is 0. The van der Waals surface area contributed by atoms with Gasteiger partial charge in [-0.05, 0) is 0 Å². The van der Waals surface area contributed by atoms with E-state index in [9.17, 15) is 0 Å². The minimum absolute atomic E-state index is 0. The van der Waals surface area contributed by atoms with E-state index in [1.165, 1.54) is 0 Å². The van der Waals surface area contributed by atoms with Crippen LogP contribution >= 0.6 is 0 Å². The van der Waals surface area contributed by atoms with Gasteiger partial charge in [0.15, 0.2) is 0 Å². The van der Waals surface area contributed by atoms with E-state index < -0.39 is 0 Å². The predicted molar refractivity (Wildman–Crippen MR) is 20.1 cm³/mol. The van der Waals surface area contributed by atoms with Gasteiger partial charge in [-0.15, -0.1) is 0 Å². The van der Waals surface area contributed by atoms with Crippen LogP contribution in [0.15, 0.2) is 0 Å². The van der Waals surface area contributed by atoms with E-state index in [-0.39, 0.29) is 92.6 Å². The van der Waals surface area contributed by atoms with Gasteiger partial charge in [0.25, 0.3) is 0 Å². The first-order valence-corrected chi connectivity index (χ1v) is 0. The maximum absolute atomic E-state index is 0. The van der Waals surface area contributed by atoms with Gasteiger partial charge >= 0.3 is 0 Å². The molecule has 0 aliphatic heterocycles. The van der Waals surface area contributed by atoms with Crippen LogP contribution in [0.25, 0.3) is 0 Å². The fraction of sp³-hybridized carbons (Fsp3) is 0. The number of hydrogen-bond acceptors (Lipinski definition) is 1. The maximum Gasteiger partial charge on any atom is 0 e. The van der Waals surface area contributed by atoms with Gasteiger partial charge in [-0.3, -0.25) is 0 Å². The van der Waals surface area contributed by atoms with Crippen LogP contribution in [-0.4, -0.2) is 86.4 Å². The molecular weight excluding hydrogens is 92.1 g/mol. The third-order valence-corrected chi connectivity index (χ3v) is 0. The van der Waals surface area contributed by atoms with Gasteiger partial charge < -0.3 is 11.6 Å². The largest absolute Gasteiger partial charge is 0.412 e. The fourth-order valence-corrected chi connectivity index (χ4v) is 0. The summed E-state index contributed by atoms with van der Waals surface area (Å²) in [4.78, 5) is 0. The van der Waals surface area contributed by atoms with Crippen LogP contribution < -0.4 is 6.15 Å². The molecule has 0 aliphatic carbocycles. The average Bonchev–Trinajstić information content (AvgIpc) is 0. The quantitative estimate of drug-likeness (QED) is 0.370. The van der Waals surface area contributed by atoms with E-state index in [1.807, 2.05) is 0 Å². The summed E-state index contributed by atoms with van der Waals surface area (Å²) in [6, 6.07) is 0. The van der Waals surface area contributed by atoms with Crippen molar-refractivity contribution in [3.05, 3.63) is 0 Å². The van der Waals surface area contributed by atoms with E-state index in [2.05, 4.69) is 0 Å². The van der Waals surface area contributed by atoms with Crippen LogP contribution in [0.3, 0.4) is 0 Å². The first-order valence-electron chi connectivity index (χ1n) is 0. The molecule has 2 nitrogen and oxygen atoms in total. The van der Waals surface area contributed by atoms with Crippen molar-refractivity contribution in [1.29, 1.82) is 0 Å². The van der Waals surface area contributed by atoms with E-state index in [0.29, 0.717) is 0 Å². The molecule has 0 bridgehead atoms. The molecule has 5 N–H and O–H groups in total. The van der Waals surface area contributed by atoms with Crippen LogP contribution in [0.1, 0.15) is 0 Å². The van der Waals surface area contributed by atoms with Gasteiger partial charge in [0.1, 0.15) is 0 Å². The Labute approximate surface area is 90.3 Å². The zero-order valence-electron chi connectivity index (χ0n) is 3.21. The van der Waals surface area contributed by atoms with Crippen molar-refractivity contribution in [1.82, 2.24) is 6.15 Å². The second kappa shape index (κ2) is 17.7. The SMILES string of the molecule is N.O.[K].[Na]. The molecule has 0 fully saturated rings. The summed E-state index contributed by atoms with van der Waals surface area (Å²) in [6.45, 7) is 0. The van der Waals surface area contributed by atoms with Crippen LogP contribution in [0.5, 0.6) is 0 Å². The minimum atomic E-state index is 0. The van der Waals surface area contributed by atoms with Gasteiger partial charge in [0.05, 0.1) is 0 Å². The fourth-order valence-electron chi connectivity index (χ4n) is 0. The third kappa shape index (κ3) is 8.82. The zero-order valence-corrected chi connectivity index (χ0v) is 8.33. The van der Waals surface area contributed by atoms with Gasteiger partial charge in [-0.2, -0.15) is 0 Å².